The fourth-order valence-corrected chi connectivity index (χ4v) is 2.14. The van der Waals surface area contributed by atoms with Crippen molar-refractivity contribution >= 4 is 26.7 Å². The molecule has 0 aliphatic heterocycles. The maximum Gasteiger partial charge on any atom is 0.257 e. The lowest BCUT2D eigenvalue weighted by atomic mass is 10.1. The molecule has 0 amide bonds. The van der Waals surface area contributed by atoms with Gasteiger partial charge < -0.3 is 4.52 Å². The fraction of sp³-hybridized carbons (Fsp3) is 0.0769. The zero-order valence-electron chi connectivity index (χ0n) is 9.14. The van der Waals surface area contributed by atoms with Crippen LogP contribution in [0.1, 0.15) is 5.82 Å². The summed E-state index contributed by atoms with van der Waals surface area (Å²) in [4.78, 5) is 4.22. The molecule has 84 valence electrons. The van der Waals surface area contributed by atoms with E-state index in [4.69, 9.17) is 4.52 Å². The van der Waals surface area contributed by atoms with Crippen LogP contribution in [-0.4, -0.2) is 10.1 Å². The molecule has 0 unspecified atom stereocenters. The number of halogens is 1. The Morgan fingerprint density at radius 2 is 1.82 bits per heavy atom. The van der Waals surface area contributed by atoms with E-state index in [0.29, 0.717) is 11.7 Å². The van der Waals surface area contributed by atoms with Gasteiger partial charge in [0.15, 0.2) is 5.82 Å². The Balaban J connectivity index is 2.16. The molecule has 0 saturated heterocycles. The SMILES string of the molecule is Cc1noc(-c2ccc3cc(Br)ccc3c2)n1. The largest absolute Gasteiger partial charge is 0.334 e. The predicted molar refractivity (Wildman–Crippen MR) is 69.7 cm³/mol. The van der Waals surface area contributed by atoms with Gasteiger partial charge in [-0.1, -0.05) is 33.2 Å². The average Bonchev–Trinajstić information content (AvgIpc) is 2.75. The molecule has 0 aliphatic carbocycles. The Hall–Kier alpha value is -1.68. The van der Waals surface area contributed by atoms with Gasteiger partial charge in [-0.05, 0) is 42.0 Å². The number of aryl methyl sites for hydroxylation is 1. The Morgan fingerprint density at radius 1 is 1.06 bits per heavy atom. The highest BCUT2D eigenvalue weighted by Gasteiger charge is 2.06. The Labute approximate surface area is 107 Å². The van der Waals surface area contributed by atoms with Gasteiger partial charge in [-0.3, -0.25) is 0 Å². The monoisotopic (exact) mass is 288 g/mol. The van der Waals surface area contributed by atoms with E-state index in [1.165, 1.54) is 5.39 Å². The number of fused-ring (bicyclic) bond motifs is 1. The molecule has 0 aliphatic rings. The van der Waals surface area contributed by atoms with Crippen LogP contribution in [0.2, 0.25) is 0 Å². The highest BCUT2D eigenvalue weighted by molar-refractivity contribution is 9.10. The maximum absolute atomic E-state index is 5.15. The summed E-state index contributed by atoms with van der Waals surface area (Å²) in [6.07, 6.45) is 0. The molecule has 0 spiro atoms. The van der Waals surface area contributed by atoms with Gasteiger partial charge in [0.25, 0.3) is 5.89 Å². The number of nitrogens with zero attached hydrogens (tertiary/aromatic N) is 2. The van der Waals surface area contributed by atoms with E-state index >= 15 is 0 Å². The summed E-state index contributed by atoms with van der Waals surface area (Å²) in [7, 11) is 0. The number of rotatable bonds is 1. The first-order valence-electron chi connectivity index (χ1n) is 5.22. The van der Waals surface area contributed by atoms with Crippen molar-refractivity contribution in [3.05, 3.63) is 46.7 Å². The molecule has 0 N–H and O–H groups in total. The third kappa shape index (κ3) is 1.96. The van der Waals surface area contributed by atoms with Gasteiger partial charge in [-0.15, -0.1) is 0 Å². The van der Waals surface area contributed by atoms with Crippen molar-refractivity contribution in [1.82, 2.24) is 10.1 Å². The third-order valence-corrected chi connectivity index (χ3v) is 3.07. The summed E-state index contributed by atoms with van der Waals surface area (Å²) in [6, 6.07) is 12.3. The standard InChI is InChI=1S/C13H9BrN2O/c1-8-15-13(17-16-8)11-3-2-10-7-12(14)5-4-9(10)6-11/h2-7H,1H3. The zero-order valence-corrected chi connectivity index (χ0v) is 10.7. The van der Waals surface area contributed by atoms with Crippen molar-refractivity contribution in [2.45, 2.75) is 6.92 Å². The van der Waals surface area contributed by atoms with E-state index in [-0.39, 0.29) is 0 Å². The topological polar surface area (TPSA) is 38.9 Å². The lowest BCUT2D eigenvalue weighted by Gasteiger charge is -2.00. The molecular weight excluding hydrogens is 280 g/mol. The third-order valence-electron chi connectivity index (χ3n) is 2.58. The van der Waals surface area contributed by atoms with E-state index in [1.807, 2.05) is 19.1 Å². The lowest BCUT2D eigenvalue weighted by molar-refractivity contribution is 0.425. The maximum atomic E-state index is 5.15. The summed E-state index contributed by atoms with van der Waals surface area (Å²) >= 11 is 3.46. The molecule has 0 saturated carbocycles. The minimum atomic E-state index is 0.562. The van der Waals surface area contributed by atoms with Crippen molar-refractivity contribution in [3.8, 4) is 11.5 Å². The highest BCUT2D eigenvalue weighted by atomic mass is 79.9. The highest BCUT2D eigenvalue weighted by Crippen LogP contribution is 2.25. The molecule has 3 rings (SSSR count). The van der Waals surface area contributed by atoms with Crippen LogP contribution in [0.4, 0.5) is 0 Å². The van der Waals surface area contributed by atoms with Gasteiger partial charge >= 0.3 is 0 Å². The normalized spacial score (nSPS) is 10.9. The van der Waals surface area contributed by atoms with Crippen LogP contribution in [0, 0.1) is 6.92 Å². The second-order valence-electron chi connectivity index (χ2n) is 3.85. The van der Waals surface area contributed by atoms with Crippen LogP contribution in [0.5, 0.6) is 0 Å². The molecule has 3 nitrogen and oxygen atoms in total. The van der Waals surface area contributed by atoms with E-state index in [0.717, 1.165) is 15.4 Å². The minimum Gasteiger partial charge on any atom is -0.334 e. The predicted octanol–water partition coefficient (Wildman–Crippen LogP) is 3.96. The Bertz CT molecular complexity index is 691. The van der Waals surface area contributed by atoms with Gasteiger partial charge in [0.1, 0.15) is 0 Å². The molecule has 3 aromatic rings. The Morgan fingerprint density at radius 3 is 2.59 bits per heavy atom. The first-order valence-corrected chi connectivity index (χ1v) is 6.02. The average molecular weight is 289 g/mol. The van der Waals surface area contributed by atoms with Crippen molar-refractivity contribution in [2.24, 2.45) is 0 Å². The quantitative estimate of drug-likeness (QED) is 0.680. The van der Waals surface area contributed by atoms with Gasteiger partial charge in [-0.2, -0.15) is 4.98 Å². The molecular formula is C13H9BrN2O. The van der Waals surface area contributed by atoms with Crippen LogP contribution in [-0.2, 0) is 0 Å². The first-order chi connectivity index (χ1) is 8.22. The molecule has 1 heterocycles. The fourth-order valence-electron chi connectivity index (χ4n) is 1.76. The van der Waals surface area contributed by atoms with E-state index < -0.39 is 0 Å². The summed E-state index contributed by atoms with van der Waals surface area (Å²) in [5.74, 6) is 1.21. The van der Waals surface area contributed by atoms with Crippen LogP contribution < -0.4 is 0 Å². The summed E-state index contributed by atoms with van der Waals surface area (Å²) in [6.45, 7) is 1.81. The van der Waals surface area contributed by atoms with Gasteiger partial charge in [0.2, 0.25) is 0 Å². The molecule has 17 heavy (non-hydrogen) atoms. The van der Waals surface area contributed by atoms with Crippen LogP contribution in [0.15, 0.2) is 45.4 Å². The zero-order chi connectivity index (χ0) is 11.8. The van der Waals surface area contributed by atoms with E-state index in [1.54, 1.807) is 0 Å². The van der Waals surface area contributed by atoms with E-state index in [9.17, 15) is 0 Å². The van der Waals surface area contributed by atoms with Gasteiger partial charge in [0.05, 0.1) is 0 Å². The second-order valence-corrected chi connectivity index (χ2v) is 4.77. The molecule has 0 atom stereocenters. The van der Waals surface area contributed by atoms with Gasteiger partial charge in [0, 0.05) is 10.0 Å². The molecule has 0 radical (unpaired) electrons. The number of aromatic nitrogens is 2. The number of hydrogen-bond donors (Lipinski definition) is 0. The van der Waals surface area contributed by atoms with Crippen molar-refractivity contribution in [1.29, 1.82) is 0 Å². The Kier molecular flexibility index (Phi) is 2.44. The summed E-state index contributed by atoms with van der Waals surface area (Å²) in [5.41, 5.74) is 0.945. The molecule has 0 fully saturated rings. The van der Waals surface area contributed by atoms with Crippen molar-refractivity contribution in [2.75, 3.05) is 0 Å². The summed E-state index contributed by atoms with van der Waals surface area (Å²) < 4.78 is 6.23. The number of hydrogen-bond acceptors (Lipinski definition) is 3. The number of benzene rings is 2. The molecule has 1 aromatic heterocycles. The smallest absolute Gasteiger partial charge is 0.257 e. The molecule has 2 aromatic carbocycles. The van der Waals surface area contributed by atoms with Crippen LogP contribution in [0.3, 0.4) is 0 Å². The van der Waals surface area contributed by atoms with Crippen LogP contribution >= 0.6 is 15.9 Å². The minimum absolute atomic E-state index is 0.562. The second kappa shape index (κ2) is 3.96. The van der Waals surface area contributed by atoms with Crippen LogP contribution in [0.25, 0.3) is 22.2 Å². The van der Waals surface area contributed by atoms with Crippen molar-refractivity contribution < 1.29 is 4.52 Å². The lowest BCUT2D eigenvalue weighted by Crippen LogP contribution is -1.79. The summed E-state index contributed by atoms with van der Waals surface area (Å²) in [5, 5.41) is 6.13. The molecule has 4 heteroatoms. The molecule has 0 bridgehead atoms. The van der Waals surface area contributed by atoms with Crippen molar-refractivity contribution in [3.63, 3.8) is 0 Å². The van der Waals surface area contributed by atoms with E-state index in [2.05, 4.69) is 50.3 Å². The first kappa shape index (κ1) is 10.5. The van der Waals surface area contributed by atoms with Gasteiger partial charge in [-0.25, -0.2) is 0 Å².